The summed E-state index contributed by atoms with van der Waals surface area (Å²) in [5, 5.41) is 0.802. The van der Waals surface area contributed by atoms with E-state index in [9.17, 15) is 0 Å². The van der Waals surface area contributed by atoms with Gasteiger partial charge in [0.1, 0.15) is 0 Å². The van der Waals surface area contributed by atoms with E-state index in [4.69, 9.17) is 11.6 Å². The van der Waals surface area contributed by atoms with Crippen molar-refractivity contribution in [1.29, 1.82) is 0 Å². The number of rotatable bonds is 2. The molecule has 0 N–H and O–H groups in total. The fourth-order valence-corrected chi connectivity index (χ4v) is 3.68. The van der Waals surface area contributed by atoms with Gasteiger partial charge >= 0.3 is 0 Å². The molecule has 0 spiro atoms. The molecule has 1 aromatic heterocycles. The third-order valence-electron chi connectivity index (χ3n) is 4.48. The SMILES string of the molecule is Clc1ccccc1-c1ccccc1[C@@H]1CCCc2cncn21. The molecule has 0 saturated carbocycles. The predicted octanol–water partition coefficient (Wildman–Crippen LogP) is 5.13. The Morgan fingerprint density at radius 2 is 1.77 bits per heavy atom. The highest BCUT2D eigenvalue weighted by molar-refractivity contribution is 6.33. The lowest BCUT2D eigenvalue weighted by molar-refractivity contribution is 0.458. The number of fused-ring (bicyclic) bond motifs is 1. The first kappa shape index (κ1) is 13.6. The van der Waals surface area contributed by atoms with Gasteiger partial charge in [0.05, 0.1) is 12.4 Å². The molecule has 2 nitrogen and oxygen atoms in total. The van der Waals surface area contributed by atoms with Gasteiger partial charge in [0.2, 0.25) is 0 Å². The fraction of sp³-hybridized carbons (Fsp3) is 0.211. The molecular weight excluding hydrogens is 292 g/mol. The molecule has 2 heterocycles. The normalized spacial score (nSPS) is 17.2. The summed E-state index contributed by atoms with van der Waals surface area (Å²) >= 11 is 6.43. The highest BCUT2D eigenvalue weighted by Crippen LogP contribution is 2.38. The van der Waals surface area contributed by atoms with Gasteiger partial charge in [-0.1, -0.05) is 54.1 Å². The van der Waals surface area contributed by atoms with Crippen LogP contribution < -0.4 is 0 Å². The van der Waals surface area contributed by atoms with Crippen LogP contribution >= 0.6 is 11.6 Å². The molecule has 1 aliphatic heterocycles. The Kier molecular flexibility index (Phi) is 3.47. The fourth-order valence-electron chi connectivity index (χ4n) is 3.44. The molecule has 0 bridgehead atoms. The zero-order valence-corrected chi connectivity index (χ0v) is 13.0. The highest BCUT2D eigenvalue weighted by atomic mass is 35.5. The smallest absolute Gasteiger partial charge is 0.0953 e. The van der Waals surface area contributed by atoms with E-state index in [0.29, 0.717) is 6.04 Å². The van der Waals surface area contributed by atoms with Gasteiger partial charge in [0.25, 0.3) is 0 Å². The predicted molar refractivity (Wildman–Crippen MR) is 90.2 cm³/mol. The highest BCUT2D eigenvalue weighted by Gasteiger charge is 2.23. The van der Waals surface area contributed by atoms with Crippen LogP contribution in [-0.4, -0.2) is 9.55 Å². The maximum Gasteiger partial charge on any atom is 0.0953 e. The maximum atomic E-state index is 6.43. The minimum Gasteiger partial charge on any atom is -0.327 e. The number of benzene rings is 2. The molecule has 22 heavy (non-hydrogen) atoms. The van der Waals surface area contributed by atoms with E-state index in [1.165, 1.54) is 23.2 Å². The van der Waals surface area contributed by atoms with Gasteiger partial charge in [-0.05, 0) is 36.5 Å². The van der Waals surface area contributed by atoms with E-state index in [1.54, 1.807) is 0 Å². The van der Waals surface area contributed by atoms with Crippen molar-refractivity contribution in [3.8, 4) is 11.1 Å². The summed E-state index contributed by atoms with van der Waals surface area (Å²) < 4.78 is 2.32. The Labute approximate surface area is 135 Å². The summed E-state index contributed by atoms with van der Waals surface area (Å²) in [6.45, 7) is 0. The number of imidazole rings is 1. The van der Waals surface area contributed by atoms with E-state index in [0.717, 1.165) is 23.4 Å². The summed E-state index contributed by atoms with van der Waals surface area (Å²) in [4.78, 5) is 4.34. The average molecular weight is 309 g/mol. The van der Waals surface area contributed by atoms with Crippen LogP contribution in [-0.2, 0) is 6.42 Å². The summed E-state index contributed by atoms with van der Waals surface area (Å²) in [6, 6.07) is 17.0. The van der Waals surface area contributed by atoms with Crippen LogP contribution in [0, 0.1) is 0 Å². The number of aromatic nitrogens is 2. The van der Waals surface area contributed by atoms with E-state index in [-0.39, 0.29) is 0 Å². The lowest BCUT2D eigenvalue weighted by Crippen LogP contribution is -2.18. The van der Waals surface area contributed by atoms with Crippen LogP contribution in [0.2, 0.25) is 5.02 Å². The Morgan fingerprint density at radius 1 is 1.00 bits per heavy atom. The van der Waals surface area contributed by atoms with Gasteiger partial charge in [-0.3, -0.25) is 0 Å². The Bertz CT molecular complexity index is 806. The van der Waals surface area contributed by atoms with Gasteiger partial charge < -0.3 is 4.57 Å². The number of halogens is 1. The molecule has 2 aromatic carbocycles. The second kappa shape index (κ2) is 5.62. The van der Waals surface area contributed by atoms with Gasteiger partial charge in [-0.15, -0.1) is 0 Å². The molecule has 4 rings (SSSR count). The minimum atomic E-state index is 0.346. The van der Waals surface area contributed by atoms with Crippen molar-refractivity contribution in [3.63, 3.8) is 0 Å². The van der Waals surface area contributed by atoms with Crippen molar-refractivity contribution in [1.82, 2.24) is 9.55 Å². The summed E-state index contributed by atoms with van der Waals surface area (Å²) in [5.41, 5.74) is 4.98. The van der Waals surface area contributed by atoms with Gasteiger partial charge in [0, 0.05) is 22.5 Å². The minimum absolute atomic E-state index is 0.346. The van der Waals surface area contributed by atoms with E-state index in [2.05, 4.69) is 39.9 Å². The van der Waals surface area contributed by atoms with Gasteiger partial charge in [0.15, 0.2) is 0 Å². The summed E-state index contributed by atoms with van der Waals surface area (Å²) in [7, 11) is 0. The Hall–Kier alpha value is -2.06. The Morgan fingerprint density at radius 3 is 2.64 bits per heavy atom. The van der Waals surface area contributed by atoms with Crippen LogP contribution in [0.25, 0.3) is 11.1 Å². The first-order valence-corrected chi connectivity index (χ1v) is 8.07. The standard InChI is InChI=1S/C19H17ClN2/c20-18-10-4-3-8-16(18)15-7-1-2-9-17(15)19-11-5-6-14-12-21-13-22(14)19/h1-4,7-10,12-13,19H,5-6,11H2/t19-/m0/s1. The summed E-state index contributed by atoms with van der Waals surface area (Å²) in [6.07, 6.45) is 7.41. The molecule has 0 fully saturated rings. The number of hydrogen-bond donors (Lipinski definition) is 0. The second-order valence-corrected chi connectivity index (χ2v) is 6.17. The van der Waals surface area contributed by atoms with Crippen molar-refractivity contribution in [2.24, 2.45) is 0 Å². The van der Waals surface area contributed by atoms with Crippen molar-refractivity contribution in [2.75, 3.05) is 0 Å². The van der Waals surface area contributed by atoms with Crippen molar-refractivity contribution in [2.45, 2.75) is 25.3 Å². The molecule has 0 amide bonds. The van der Waals surface area contributed by atoms with Crippen LogP contribution in [0.15, 0.2) is 61.1 Å². The number of aryl methyl sites for hydroxylation is 1. The lowest BCUT2D eigenvalue weighted by Gasteiger charge is -2.28. The molecule has 3 heteroatoms. The second-order valence-electron chi connectivity index (χ2n) is 5.77. The van der Waals surface area contributed by atoms with Crippen molar-refractivity contribution >= 4 is 11.6 Å². The zero-order valence-electron chi connectivity index (χ0n) is 12.2. The molecule has 0 unspecified atom stereocenters. The number of nitrogens with zero attached hydrogens (tertiary/aromatic N) is 2. The third-order valence-corrected chi connectivity index (χ3v) is 4.81. The van der Waals surface area contributed by atoms with Crippen LogP contribution in [0.4, 0.5) is 0 Å². The quantitative estimate of drug-likeness (QED) is 0.642. The number of hydrogen-bond acceptors (Lipinski definition) is 1. The largest absolute Gasteiger partial charge is 0.327 e. The van der Waals surface area contributed by atoms with E-state index >= 15 is 0 Å². The van der Waals surface area contributed by atoms with Crippen LogP contribution in [0.3, 0.4) is 0 Å². The molecule has 0 radical (unpaired) electrons. The Balaban J connectivity index is 1.87. The molecule has 1 atom stereocenters. The van der Waals surface area contributed by atoms with Crippen LogP contribution in [0.5, 0.6) is 0 Å². The maximum absolute atomic E-state index is 6.43. The molecule has 3 aromatic rings. The first-order valence-electron chi connectivity index (χ1n) is 7.69. The topological polar surface area (TPSA) is 17.8 Å². The van der Waals surface area contributed by atoms with Gasteiger partial charge in [-0.2, -0.15) is 0 Å². The molecule has 1 aliphatic rings. The molecule has 0 saturated heterocycles. The molecular formula is C19H17ClN2. The molecule has 0 aliphatic carbocycles. The van der Waals surface area contributed by atoms with Crippen molar-refractivity contribution in [3.05, 3.63) is 77.3 Å². The first-order chi connectivity index (χ1) is 10.8. The summed E-state index contributed by atoms with van der Waals surface area (Å²) in [5.74, 6) is 0. The van der Waals surface area contributed by atoms with Crippen LogP contribution in [0.1, 0.15) is 30.1 Å². The zero-order chi connectivity index (χ0) is 14.9. The monoisotopic (exact) mass is 308 g/mol. The lowest BCUT2D eigenvalue weighted by atomic mass is 9.90. The van der Waals surface area contributed by atoms with Crippen molar-refractivity contribution < 1.29 is 0 Å². The molecule has 110 valence electrons. The van der Waals surface area contributed by atoms with E-state index < -0.39 is 0 Å². The van der Waals surface area contributed by atoms with Gasteiger partial charge in [-0.25, -0.2) is 4.98 Å². The average Bonchev–Trinajstić information content (AvgIpc) is 3.04. The van der Waals surface area contributed by atoms with E-state index in [1.807, 2.05) is 30.7 Å². The third kappa shape index (κ3) is 2.24.